The van der Waals surface area contributed by atoms with E-state index in [0.29, 0.717) is 6.07 Å². The van der Waals surface area contributed by atoms with Crippen LogP contribution < -0.4 is 16.2 Å². The van der Waals surface area contributed by atoms with E-state index in [1.165, 1.54) is 6.92 Å². The lowest BCUT2D eigenvalue weighted by molar-refractivity contribution is -0.115. The molecule has 0 saturated carbocycles. The Hall–Kier alpha value is -1.60. The van der Waals surface area contributed by atoms with E-state index in [-0.39, 0.29) is 10.8 Å². The molecule has 0 aliphatic rings. The highest BCUT2D eigenvalue weighted by atomic mass is 32.1. The number of hydrogen-bond acceptors (Lipinski definition) is 3. The van der Waals surface area contributed by atoms with Gasteiger partial charge in [0.05, 0.1) is 5.69 Å². The third kappa shape index (κ3) is 2.71. The van der Waals surface area contributed by atoms with Crippen LogP contribution in [0.2, 0.25) is 0 Å². The van der Waals surface area contributed by atoms with Crippen LogP contribution in [0, 0.1) is 11.6 Å². The molecule has 3 N–H and O–H groups in total. The average molecular weight is 245 g/mol. The van der Waals surface area contributed by atoms with Gasteiger partial charge < -0.3 is 5.43 Å². The first-order valence-corrected chi connectivity index (χ1v) is 4.64. The summed E-state index contributed by atoms with van der Waals surface area (Å²) >= 11 is 4.75. The molecule has 0 aliphatic heterocycles. The summed E-state index contributed by atoms with van der Waals surface area (Å²) in [5.74, 6) is 2.94. The smallest absolute Gasteiger partial charge is 0.230 e. The maximum Gasteiger partial charge on any atom is 0.230 e. The van der Waals surface area contributed by atoms with E-state index in [2.05, 4.69) is 5.43 Å². The van der Waals surface area contributed by atoms with Gasteiger partial charge in [0.15, 0.2) is 5.11 Å². The van der Waals surface area contributed by atoms with Crippen molar-refractivity contribution in [3.63, 3.8) is 0 Å². The summed E-state index contributed by atoms with van der Waals surface area (Å²) in [4.78, 5) is 12.2. The molecule has 0 bridgehead atoms. The van der Waals surface area contributed by atoms with Crippen molar-refractivity contribution < 1.29 is 13.6 Å². The van der Waals surface area contributed by atoms with E-state index >= 15 is 0 Å². The van der Waals surface area contributed by atoms with Crippen LogP contribution in [-0.4, -0.2) is 11.0 Å². The van der Waals surface area contributed by atoms with Crippen LogP contribution in [0.5, 0.6) is 0 Å². The van der Waals surface area contributed by atoms with Gasteiger partial charge in [0.1, 0.15) is 11.6 Å². The Bertz CT molecular complexity index is 419. The van der Waals surface area contributed by atoms with Crippen LogP contribution >= 0.6 is 12.2 Å². The third-order valence-corrected chi connectivity index (χ3v) is 2.05. The zero-order chi connectivity index (χ0) is 12.3. The lowest BCUT2D eigenvalue weighted by Gasteiger charge is -2.21. The summed E-state index contributed by atoms with van der Waals surface area (Å²) in [6.45, 7) is 1.20. The number of hydrazine groups is 1. The summed E-state index contributed by atoms with van der Waals surface area (Å²) in [5.41, 5.74) is 2.06. The van der Waals surface area contributed by atoms with Crippen LogP contribution in [0.25, 0.3) is 0 Å². The first-order valence-electron chi connectivity index (χ1n) is 4.23. The lowest BCUT2D eigenvalue weighted by Crippen LogP contribution is -2.45. The molecule has 16 heavy (non-hydrogen) atoms. The highest BCUT2D eigenvalue weighted by Gasteiger charge is 2.17. The fourth-order valence-electron chi connectivity index (χ4n) is 1.17. The van der Waals surface area contributed by atoms with Crippen molar-refractivity contribution in [3.05, 3.63) is 29.8 Å². The van der Waals surface area contributed by atoms with Crippen LogP contribution in [0.1, 0.15) is 6.92 Å². The number of benzene rings is 1. The number of carbonyl (C=O) groups is 1. The van der Waals surface area contributed by atoms with E-state index in [0.717, 1.165) is 17.0 Å². The first-order chi connectivity index (χ1) is 7.45. The molecule has 86 valence electrons. The quantitative estimate of drug-likeness (QED) is 0.441. The minimum absolute atomic E-state index is 0.0204. The minimum atomic E-state index is -0.805. The summed E-state index contributed by atoms with van der Waals surface area (Å²) < 4.78 is 25.9. The topological polar surface area (TPSA) is 58.4 Å². The summed E-state index contributed by atoms with van der Waals surface area (Å²) in [5, 5.41) is -0.141. The summed E-state index contributed by atoms with van der Waals surface area (Å²) in [7, 11) is 0. The summed E-state index contributed by atoms with van der Waals surface area (Å²) in [6, 6.07) is 2.66. The number of rotatable bonds is 1. The largest absolute Gasteiger partial charge is 0.300 e. The molecule has 7 heteroatoms. The number of nitrogens with one attached hydrogen (secondary N) is 1. The zero-order valence-electron chi connectivity index (χ0n) is 8.33. The van der Waals surface area contributed by atoms with Crippen molar-refractivity contribution in [1.82, 2.24) is 5.43 Å². The molecule has 1 rings (SSSR count). The van der Waals surface area contributed by atoms with Crippen molar-refractivity contribution in [3.8, 4) is 0 Å². The maximum atomic E-state index is 12.9. The fourth-order valence-corrected chi connectivity index (χ4v) is 1.41. The van der Waals surface area contributed by atoms with Crippen LogP contribution in [0.4, 0.5) is 14.5 Å². The van der Waals surface area contributed by atoms with Gasteiger partial charge >= 0.3 is 0 Å². The van der Waals surface area contributed by atoms with Gasteiger partial charge in [0.25, 0.3) is 0 Å². The van der Waals surface area contributed by atoms with Gasteiger partial charge in [-0.25, -0.2) is 14.6 Å². The Kier molecular flexibility index (Phi) is 3.86. The predicted molar refractivity (Wildman–Crippen MR) is 59.4 cm³/mol. The molecule has 0 saturated heterocycles. The Morgan fingerprint density at radius 1 is 1.38 bits per heavy atom. The van der Waals surface area contributed by atoms with E-state index in [9.17, 15) is 13.6 Å². The van der Waals surface area contributed by atoms with Crippen LogP contribution in [0.15, 0.2) is 18.2 Å². The minimum Gasteiger partial charge on any atom is -0.300 e. The van der Waals surface area contributed by atoms with Crippen molar-refractivity contribution in [2.45, 2.75) is 6.92 Å². The number of halogens is 2. The van der Waals surface area contributed by atoms with E-state index in [4.69, 9.17) is 18.1 Å². The average Bonchev–Trinajstić information content (AvgIpc) is 2.15. The molecule has 1 amide bonds. The number of hydrogen-bond donors (Lipinski definition) is 2. The maximum absolute atomic E-state index is 12.9. The van der Waals surface area contributed by atoms with Gasteiger partial charge in [0.2, 0.25) is 5.91 Å². The lowest BCUT2D eigenvalue weighted by atomic mass is 10.2. The standard InChI is InChI=1S/C9H9F2N3OS/c1-5(15)14(9(16)13-12)8-3-6(10)2-7(11)4-8/h2-4H,12H2,1H3,(H,13,16). The molecule has 0 heterocycles. The number of nitrogens with zero attached hydrogens (tertiary/aromatic N) is 1. The van der Waals surface area contributed by atoms with E-state index < -0.39 is 17.5 Å². The van der Waals surface area contributed by atoms with Gasteiger partial charge in [-0.1, -0.05) is 0 Å². The Morgan fingerprint density at radius 3 is 2.25 bits per heavy atom. The fraction of sp³-hybridized carbons (Fsp3) is 0.111. The molecule has 1 aromatic rings. The SMILES string of the molecule is CC(=O)N(C(=S)NN)c1cc(F)cc(F)c1. The second kappa shape index (κ2) is 4.95. The van der Waals surface area contributed by atoms with E-state index in [1.807, 2.05) is 0 Å². The molecule has 0 spiro atoms. The Balaban J connectivity index is 3.21. The van der Waals surface area contributed by atoms with Crippen molar-refractivity contribution in [2.24, 2.45) is 5.84 Å². The number of carbonyl (C=O) groups excluding carboxylic acids is 1. The number of nitrogens with two attached hydrogens (primary N) is 1. The van der Waals surface area contributed by atoms with Gasteiger partial charge in [0, 0.05) is 13.0 Å². The highest BCUT2D eigenvalue weighted by Crippen LogP contribution is 2.18. The monoisotopic (exact) mass is 245 g/mol. The van der Waals surface area contributed by atoms with Crippen molar-refractivity contribution in [2.75, 3.05) is 4.90 Å². The zero-order valence-corrected chi connectivity index (χ0v) is 9.15. The molecular weight excluding hydrogens is 236 g/mol. The van der Waals surface area contributed by atoms with Crippen molar-refractivity contribution in [1.29, 1.82) is 0 Å². The van der Waals surface area contributed by atoms with E-state index in [1.54, 1.807) is 0 Å². The Morgan fingerprint density at radius 2 is 1.88 bits per heavy atom. The molecule has 4 nitrogen and oxygen atoms in total. The molecular formula is C9H9F2N3OS. The van der Waals surface area contributed by atoms with Gasteiger partial charge in [-0.05, 0) is 24.4 Å². The molecule has 0 radical (unpaired) electrons. The van der Waals surface area contributed by atoms with Gasteiger partial charge in [-0.2, -0.15) is 0 Å². The van der Waals surface area contributed by atoms with Gasteiger partial charge in [-0.15, -0.1) is 0 Å². The van der Waals surface area contributed by atoms with Crippen LogP contribution in [0.3, 0.4) is 0 Å². The number of amides is 1. The number of thiocarbonyl (C=S) groups is 1. The molecule has 0 aromatic heterocycles. The highest BCUT2D eigenvalue weighted by molar-refractivity contribution is 7.80. The first kappa shape index (κ1) is 12.5. The second-order valence-electron chi connectivity index (χ2n) is 2.93. The second-order valence-corrected chi connectivity index (χ2v) is 3.32. The van der Waals surface area contributed by atoms with Crippen molar-refractivity contribution >= 4 is 28.9 Å². The Labute approximate surface area is 96.0 Å². The predicted octanol–water partition coefficient (Wildman–Crippen LogP) is 1.07. The summed E-state index contributed by atoms with van der Waals surface area (Å²) in [6.07, 6.45) is 0. The molecule has 0 unspecified atom stereocenters. The van der Waals surface area contributed by atoms with Crippen LogP contribution in [-0.2, 0) is 4.79 Å². The third-order valence-electron chi connectivity index (χ3n) is 1.75. The molecule has 1 aromatic carbocycles. The number of anilines is 1. The molecule has 0 atom stereocenters. The molecule has 0 aliphatic carbocycles. The van der Waals surface area contributed by atoms with Gasteiger partial charge in [-0.3, -0.25) is 9.69 Å². The molecule has 0 fully saturated rings. The normalized spacial score (nSPS) is 9.75.